The third-order valence-electron chi connectivity index (χ3n) is 4.81. The summed E-state index contributed by atoms with van der Waals surface area (Å²) in [7, 11) is 0. The topological polar surface area (TPSA) is 91.4 Å². The van der Waals surface area contributed by atoms with Crippen LogP contribution in [0.25, 0.3) is 0 Å². The lowest BCUT2D eigenvalue weighted by atomic mass is 10.1. The molecule has 1 fully saturated rings. The van der Waals surface area contributed by atoms with Crippen LogP contribution in [-0.2, 0) is 9.59 Å². The molecular formula is C20H27N5O3. The Morgan fingerprint density at radius 2 is 1.96 bits per heavy atom. The lowest BCUT2D eigenvalue weighted by Crippen LogP contribution is -2.41. The summed E-state index contributed by atoms with van der Waals surface area (Å²) in [5.41, 5.74) is 0. The molecule has 0 radical (unpaired) electrons. The van der Waals surface area contributed by atoms with Crippen LogP contribution in [0.15, 0.2) is 30.3 Å². The number of para-hydroxylation sites is 1. The van der Waals surface area contributed by atoms with Gasteiger partial charge in [0.2, 0.25) is 5.91 Å². The van der Waals surface area contributed by atoms with Crippen molar-refractivity contribution in [2.24, 2.45) is 5.92 Å². The van der Waals surface area contributed by atoms with Crippen LogP contribution < -0.4 is 4.74 Å². The molecule has 2 amide bonds. The maximum absolute atomic E-state index is 12.8. The Bertz CT molecular complexity index is 805. The molecule has 28 heavy (non-hydrogen) atoms. The van der Waals surface area contributed by atoms with E-state index in [9.17, 15) is 9.59 Å². The van der Waals surface area contributed by atoms with Gasteiger partial charge in [-0.15, -0.1) is 0 Å². The summed E-state index contributed by atoms with van der Waals surface area (Å²) in [5, 5.41) is 7.11. The average molecular weight is 385 g/mol. The number of aromatic amines is 1. The van der Waals surface area contributed by atoms with Gasteiger partial charge in [0, 0.05) is 25.6 Å². The van der Waals surface area contributed by atoms with E-state index in [-0.39, 0.29) is 30.4 Å². The smallest absolute Gasteiger partial charge is 0.260 e. The van der Waals surface area contributed by atoms with E-state index in [4.69, 9.17) is 4.74 Å². The first-order valence-corrected chi connectivity index (χ1v) is 9.60. The second-order valence-corrected chi connectivity index (χ2v) is 7.25. The van der Waals surface area contributed by atoms with Gasteiger partial charge in [0.25, 0.3) is 5.91 Å². The Morgan fingerprint density at radius 3 is 2.61 bits per heavy atom. The maximum Gasteiger partial charge on any atom is 0.260 e. The number of aryl methyl sites for hydroxylation is 1. The van der Waals surface area contributed by atoms with E-state index >= 15 is 0 Å². The van der Waals surface area contributed by atoms with Crippen LogP contribution in [0, 0.1) is 12.8 Å². The molecule has 1 aliphatic heterocycles. The Morgan fingerprint density at radius 1 is 1.21 bits per heavy atom. The van der Waals surface area contributed by atoms with Crippen molar-refractivity contribution in [3.05, 3.63) is 42.0 Å². The Hall–Kier alpha value is -2.90. The first kappa shape index (κ1) is 19.9. The molecular weight excluding hydrogens is 358 g/mol. The monoisotopic (exact) mass is 385 g/mol. The van der Waals surface area contributed by atoms with Gasteiger partial charge in [-0.25, -0.2) is 4.98 Å². The van der Waals surface area contributed by atoms with Crippen molar-refractivity contribution >= 4 is 11.8 Å². The predicted molar refractivity (Wildman–Crippen MR) is 104 cm³/mol. The van der Waals surface area contributed by atoms with Crippen molar-refractivity contribution in [1.29, 1.82) is 0 Å². The van der Waals surface area contributed by atoms with E-state index < -0.39 is 0 Å². The number of nitrogens with zero attached hydrogens (tertiary/aromatic N) is 4. The lowest BCUT2D eigenvalue weighted by Gasteiger charge is -2.29. The van der Waals surface area contributed by atoms with E-state index in [1.54, 1.807) is 9.80 Å². The maximum atomic E-state index is 12.8. The number of benzene rings is 1. The van der Waals surface area contributed by atoms with Crippen molar-refractivity contribution in [2.45, 2.75) is 33.2 Å². The average Bonchev–Trinajstić information content (AvgIpc) is 3.00. The van der Waals surface area contributed by atoms with Crippen molar-refractivity contribution in [2.75, 3.05) is 26.2 Å². The number of nitrogens with one attached hydrogen (secondary N) is 1. The quantitative estimate of drug-likeness (QED) is 0.849. The molecule has 0 saturated carbocycles. The van der Waals surface area contributed by atoms with E-state index in [1.165, 1.54) is 0 Å². The van der Waals surface area contributed by atoms with Gasteiger partial charge in [0.1, 0.15) is 11.6 Å². The molecule has 0 spiro atoms. The number of hydrogen-bond acceptors (Lipinski definition) is 5. The fourth-order valence-corrected chi connectivity index (χ4v) is 3.31. The van der Waals surface area contributed by atoms with Crippen LogP contribution in [0.2, 0.25) is 0 Å². The predicted octanol–water partition coefficient (Wildman–Crippen LogP) is 1.95. The van der Waals surface area contributed by atoms with Crippen molar-refractivity contribution in [1.82, 2.24) is 25.0 Å². The summed E-state index contributed by atoms with van der Waals surface area (Å²) in [4.78, 5) is 33.4. The van der Waals surface area contributed by atoms with Gasteiger partial charge in [-0.05, 0) is 25.5 Å². The summed E-state index contributed by atoms with van der Waals surface area (Å²) in [6, 6.07) is 9.03. The second-order valence-electron chi connectivity index (χ2n) is 7.25. The fraction of sp³-hybridized carbons (Fsp3) is 0.500. The van der Waals surface area contributed by atoms with Gasteiger partial charge < -0.3 is 14.5 Å². The number of amides is 2. The molecule has 0 aliphatic carbocycles. The third kappa shape index (κ3) is 4.68. The van der Waals surface area contributed by atoms with E-state index in [2.05, 4.69) is 15.2 Å². The lowest BCUT2D eigenvalue weighted by molar-refractivity contribution is -0.138. The van der Waals surface area contributed by atoms with E-state index in [1.807, 2.05) is 51.1 Å². The van der Waals surface area contributed by atoms with Gasteiger partial charge in [0.05, 0.1) is 6.04 Å². The van der Waals surface area contributed by atoms with Crippen LogP contribution in [-0.4, -0.2) is 63.0 Å². The number of aromatic nitrogens is 3. The van der Waals surface area contributed by atoms with E-state index in [0.717, 1.165) is 0 Å². The number of rotatable bonds is 5. The third-order valence-corrected chi connectivity index (χ3v) is 4.81. The minimum Gasteiger partial charge on any atom is -0.484 e. The summed E-state index contributed by atoms with van der Waals surface area (Å²) >= 11 is 0. The molecule has 150 valence electrons. The number of hydrogen-bond donors (Lipinski definition) is 1. The normalized spacial score (nSPS) is 17.5. The highest BCUT2D eigenvalue weighted by atomic mass is 16.5. The number of carbonyl (C=O) groups excluding carboxylic acids is 2. The first-order chi connectivity index (χ1) is 13.5. The Kier molecular flexibility index (Phi) is 6.28. The van der Waals surface area contributed by atoms with Gasteiger partial charge in [-0.1, -0.05) is 32.0 Å². The van der Waals surface area contributed by atoms with Gasteiger partial charge in [0.15, 0.2) is 12.4 Å². The van der Waals surface area contributed by atoms with Crippen LogP contribution in [0.3, 0.4) is 0 Å². The van der Waals surface area contributed by atoms with Crippen molar-refractivity contribution in [3.8, 4) is 5.75 Å². The highest BCUT2D eigenvalue weighted by molar-refractivity contribution is 5.80. The molecule has 0 bridgehead atoms. The Labute approximate surface area is 164 Å². The highest BCUT2D eigenvalue weighted by Gasteiger charge is 2.33. The van der Waals surface area contributed by atoms with Crippen LogP contribution >= 0.6 is 0 Å². The minimum absolute atomic E-state index is 0.0213. The number of carbonyl (C=O) groups is 2. The van der Waals surface area contributed by atoms with Crippen molar-refractivity contribution < 1.29 is 14.3 Å². The molecule has 2 aromatic rings. The summed E-state index contributed by atoms with van der Waals surface area (Å²) in [6.07, 6.45) is 0.590. The zero-order valence-corrected chi connectivity index (χ0v) is 16.6. The molecule has 1 N–H and O–H groups in total. The zero-order valence-electron chi connectivity index (χ0n) is 16.6. The molecule has 1 saturated heterocycles. The van der Waals surface area contributed by atoms with E-state index in [0.29, 0.717) is 43.5 Å². The molecule has 1 atom stereocenters. The molecule has 1 unspecified atom stereocenters. The van der Waals surface area contributed by atoms with Gasteiger partial charge in [-0.2, -0.15) is 5.10 Å². The molecule has 8 heteroatoms. The largest absolute Gasteiger partial charge is 0.484 e. The van der Waals surface area contributed by atoms with Gasteiger partial charge >= 0.3 is 0 Å². The van der Waals surface area contributed by atoms with Gasteiger partial charge in [-0.3, -0.25) is 14.7 Å². The summed E-state index contributed by atoms with van der Waals surface area (Å²) in [6.45, 7) is 7.01. The molecule has 3 rings (SSSR count). The molecule has 1 aliphatic rings. The zero-order chi connectivity index (χ0) is 20.1. The molecule has 1 aromatic carbocycles. The van der Waals surface area contributed by atoms with Crippen molar-refractivity contribution in [3.63, 3.8) is 0 Å². The molecule has 1 aromatic heterocycles. The van der Waals surface area contributed by atoms with Crippen LogP contribution in [0.1, 0.15) is 38.0 Å². The fourth-order valence-electron chi connectivity index (χ4n) is 3.31. The SMILES string of the molecule is Cc1nc(C2CCN(C(=O)COc3ccccc3)CCN2C(=O)C(C)C)n[nH]1. The molecule has 2 heterocycles. The number of ether oxygens (including phenoxy) is 1. The number of H-pyrrole nitrogens is 1. The highest BCUT2D eigenvalue weighted by Crippen LogP contribution is 2.26. The van der Waals surface area contributed by atoms with Crippen LogP contribution in [0.4, 0.5) is 0 Å². The van der Waals surface area contributed by atoms with Crippen LogP contribution in [0.5, 0.6) is 5.75 Å². The standard InChI is InChI=1S/C20H27N5O3/c1-14(2)20(27)25-12-11-24(10-9-17(25)19-21-15(3)22-23-19)18(26)13-28-16-7-5-4-6-8-16/h4-8,14,17H,9-13H2,1-3H3,(H,21,22,23). The molecule has 8 nitrogen and oxygen atoms in total. The second kappa shape index (κ2) is 8.86. The first-order valence-electron chi connectivity index (χ1n) is 9.60. The summed E-state index contributed by atoms with van der Waals surface area (Å²) < 4.78 is 5.59. The Balaban J connectivity index is 1.69. The minimum atomic E-state index is -0.243. The summed E-state index contributed by atoms with van der Waals surface area (Å²) in [5.74, 6) is 1.79.